The van der Waals surface area contributed by atoms with Gasteiger partial charge in [-0.25, -0.2) is 13.2 Å². The summed E-state index contributed by atoms with van der Waals surface area (Å²) < 4.78 is 31.6. The van der Waals surface area contributed by atoms with E-state index in [0.29, 0.717) is 6.54 Å². The third-order valence-corrected chi connectivity index (χ3v) is 6.22. The fraction of sp³-hybridized carbons (Fsp3) is 0.500. The van der Waals surface area contributed by atoms with Gasteiger partial charge in [-0.3, -0.25) is 0 Å². The summed E-state index contributed by atoms with van der Waals surface area (Å²) in [5.41, 5.74) is 5.90. The Morgan fingerprint density at radius 1 is 1.45 bits per heavy atom. The van der Waals surface area contributed by atoms with Crippen molar-refractivity contribution in [3.05, 3.63) is 28.8 Å². The van der Waals surface area contributed by atoms with Crippen LogP contribution in [-0.2, 0) is 14.8 Å². The number of methoxy groups -OCH3 is 1. The van der Waals surface area contributed by atoms with Crippen molar-refractivity contribution in [1.29, 1.82) is 0 Å². The first kappa shape index (κ1) is 17.2. The Balaban J connectivity index is 2.39. The zero-order valence-electron chi connectivity index (χ0n) is 12.3. The lowest BCUT2D eigenvalue weighted by atomic mass is 10.1. The SMILES string of the molecule is COC(=O)c1ccc(S(=O)(=O)N2CCCCC2CN)c(Cl)c1. The summed E-state index contributed by atoms with van der Waals surface area (Å²) in [7, 11) is -2.48. The van der Waals surface area contributed by atoms with Crippen molar-refractivity contribution in [3.8, 4) is 0 Å². The van der Waals surface area contributed by atoms with E-state index in [1.807, 2.05) is 0 Å². The Kier molecular flexibility index (Phi) is 5.44. The Hall–Kier alpha value is -1.15. The minimum Gasteiger partial charge on any atom is -0.465 e. The highest BCUT2D eigenvalue weighted by Gasteiger charge is 2.34. The van der Waals surface area contributed by atoms with Crippen LogP contribution < -0.4 is 5.73 Å². The first-order valence-electron chi connectivity index (χ1n) is 7.01. The van der Waals surface area contributed by atoms with Crippen molar-refractivity contribution in [3.63, 3.8) is 0 Å². The van der Waals surface area contributed by atoms with Gasteiger partial charge in [-0.05, 0) is 31.0 Å². The largest absolute Gasteiger partial charge is 0.465 e. The minimum absolute atomic E-state index is 0.00393. The molecule has 22 heavy (non-hydrogen) atoms. The molecule has 2 N–H and O–H groups in total. The number of hydrogen-bond acceptors (Lipinski definition) is 5. The number of ether oxygens (including phenoxy) is 1. The van der Waals surface area contributed by atoms with E-state index < -0.39 is 16.0 Å². The molecule has 1 heterocycles. The fourth-order valence-electron chi connectivity index (χ4n) is 2.61. The smallest absolute Gasteiger partial charge is 0.337 e. The van der Waals surface area contributed by atoms with E-state index in [-0.39, 0.29) is 28.1 Å². The molecule has 1 aromatic carbocycles. The van der Waals surface area contributed by atoms with Crippen LogP contribution in [0.4, 0.5) is 0 Å². The maximum absolute atomic E-state index is 12.8. The molecular weight excluding hydrogens is 328 g/mol. The van der Waals surface area contributed by atoms with Crippen LogP contribution in [0.1, 0.15) is 29.6 Å². The van der Waals surface area contributed by atoms with E-state index in [2.05, 4.69) is 4.74 Å². The van der Waals surface area contributed by atoms with Gasteiger partial charge in [0, 0.05) is 19.1 Å². The molecule has 6 nitrogen and oxygen atoms in total. The van der Waals surface area contributed by atoms with Crippen molar-refractivity contribution in [2.45, 2.75) is 30.2 Å². The van der Waals surface area contributed by atoms with Crippen LogP contribution >= 0.6 is 11.6 Å². The number of halogens is 1. The monoisotopic (exact) mass is 346 g/mol. The predicted molar refractivity (Wildman–Crippen MR) is 83.4 cm³/mol. The van der Waals surface area contributed by atoms with Gasteiger partial charge < -0.3 is 10.5 Å². The van der Waals surface area contributed by atoms with Crippen LogP contribution in [0.2, 0.25) is 5.02 Å². The van der Waals surface area contributed by atoms with Crippen LogP contribution in [0, 0.1) is 0 Å². The van der Waals surface area contributed by atoms with Gasteiger partial charge in [0.25, 0.3) is 0 Å². The van der Waals surface area contributed by atoms with E-state index >= 15 is 0 Å². The lowest BCUT2D eigenvalue weighted by Gasteiger charge is -2.34. The lowest BCUT2D eigenvalue weighted by molar-refractivity contribution is 0.0600. The number of nitrogens with two attached hydrogens (primary N) is 1. The van der Waals surface area contributed by atoms with Crippen LogP contribution in [0.3, 0.4) is 0 Å². The molecule has 8 heteroatoms. The number of rotatable bonds is 4. The van der Waals surface area contributed by atoms with Crippen LogP contribution in [0.5, 0.6) is 0 Å². The minimum atomic E-state index is -3.73. The average molecular weight is 347 g/mol. The third-order valence-electron chi connectivity index (χ3n) is 3.78. The normalized spacial score (nSPS) is 19.9. The summed E-state index contributed by atoms with van der Waals surface area (Å²) in [6.07, 6.45) is 2.50. The number of piperidine rings is 1. The van der Waals surface area contributed by atoms with Gasteiger partial charge >= 0.3 is 5.97 Å². The number of hydrogen-bond donors (Lipinski definition) is 1. The van der Waals surface area contributed by atoms with E-state index in [1.165, 1.54) is 29.6 Å². The summed E-state index contributed by atoms with van der Waals surface area (Å²) in [6.45, 7) is 0.705. The summed E-state index contributed by atoms with van der Waals surface area (Å²) in [4.78, 5) is 11.5. The Morgan fingerprint density at radius 3 is 2.77 bits per heavy atom. The molecule has 0 bridgehead atoms. The van der Waals surface area contributed by atoms with Gasteiger partial charge in [-0.15, -0.1) is 0 Å². The highest BCUT2D eigenvalue weighted by Crippen LogP contribution is 2.30. The second kappa shape index (κ2) is 6.95. The molecule has 122 valence electrons. The lowest BCUT2D eigenvalue weighted by Crippen LogP contribution is -2.47. The van der Waals surface area contributed by atoms with Crippen LogP contribution in [-0.4, -0.2) is 44.9 Å². The van der Waals surface area contributed by atoms with Gasteiger partial charge in [0.2, 0.25) is 10.0 Å². The van der Waals surface area contributed by atoms with Crippen molar-refractivity contribution in [2.24, 2.45) is 5.73 Å². The van der Waals surface area contributed by atoms with Gasteiger partial charge in [-0.2, -0.15) is 4.31 Å². The van der Waals surface area contributed by atoms with Crippen LogP contribution in [0.25, 0.3) is 0 Å². The van der Waals surface area contributed by atoms with E-state index in [9.17, 15) is 13.2 Å². The maximum Gasteiger partial charge on any atom is 0.337 e. The third kappa shape index (κ3) is 3.27. The average Bonchev–Trinajstić information content (AvgIpc) is 2.53. The number of esters is 1. The first-order chi connectivity index (χ1) is 10.4. The van der Waals surface area contributed by atoms with Gasteiger partial charge in [0.15, 0.2) is 0 Å². The summed E-state index contributed by atoms with van der Waals surface area (Å²) >= 11 is 6.08. The molecule has 0 spiro atoms. The maximum atomic E-state index is 12.8. The van der Waals surface area contributed by atoms with Crippen molar-refractivity contribution in [1.82, 2.24) is 4.31 Å². The molecule has 1 aliphatic rings. The zero-order valence-corrected chi connectivity index (χ0v) is 13.9. The second-order valence-electron chi connectivity index (χ2n) is 5.14. The molecule has 1 aromatic rings. The van der Waals surface area contributed by atoms with E-state index in [0.717, 1.165) is 19.3 Å². The molecule has 1 fully saturated rings. The van der Waals surface area contributed by atoms with Crippen molar-refractivity contribution >= 4 is 27.6 Å². The molecular formula is C14H19ClN2O4S. The predicted octanol–water partition coefficient (Wildman–Crippen LogP) is 1.63. The highest BCUT2D eigenvalue weighted by molar-refractivity contribution is 7.89. The van der Waals surface area contributed by atoms with Crippen molar-refractivity contribution in [2.75, 3.05) is 20.2 Å². The number of sulfonamides is 1. The topological polar surface area (TPSA) is 89.7 Å². The fourth-order valence-corrected chi connectivity index (χ4v) is 4.83. The second-order valence-corrected chi connectivity index (χ2v) is 7.40. The molecule has 1 unspecified atom stereocenters. The molecule has 0 saturated carbocycles. The molecule has 0 amide bonds. The molecule has 1 atom stereocenters. The molecule has 0 aromatic heterocycles. The van der Waals surface area contributed by atoms with E-state index in [1.54, 1.807) is 0 Å². The molecule has 2 rings (SSSR count). The quantitative estimate of drug-likeness (QED) is 0.837. The number of benzene rings is 1. The highest BCUT2D eigenvalue weighted by atomic mass is 35.5. The number of nitrogens with zero attached hydrogens (tertiary/aromatic N) is 1. The zero-order chi connectivity index (χ0) is 16.3. The molecule has 1 saturated heterocycles. The number of carbonyl (C=O) groups is 1. The van der Waals surface area contributed by atoms with Gasteiger partial charge in [0.1, 0.15) is 4.90 Å². The standard InChI is InChI=1S/C14H19ClN2O4S/c1-21-14(18)10-5-6-13(12(15)8-10)22(19,20)17-7-3-2-4-11(17)9-16/h5-6,8,11H,2-4,7,9,16H2,1H3. The Labute approximate surface area is 135 Å². The molecule has 0 aliphatic carbocycles. The molecule has 1 aliphatic heterocycles. The van der Waals surface area contributed by atoms with Crippen LogP contribution in [0.15, 0.2) is 23.1 Å². The number of carbonyl (C=O) groups excluding carboxylic acids is 1. The first-order valence-corrected chi connectivity index (χ1v) is 8.83. The molecule has 0 radical (unpaired) electrons. The van der Waals surface area contributed by atoms with Gasteiger partial charge in [0.05, 0.1) is 17.7 Å². The summed E-state index contributed by atoms with van der Waals surface area (Å²) in [5, 5.41) is 0.00393. The van der Waals surface area contributed by atoms with Gasteiger partial charge in [-0.1, -0.05) is 18.0 Å². The summed E-state index contributed by atoms with van der Waals surface area (Å²) in [5.74, 6) is -0.566. The van der Waals surface area contributed by atoms with E-state index in [4.69, 9.17) is 17.3 Å². The Morgan fingerprint density at radius 2 is 2.18 bits per heavy atom. The summed E-state index contributed by atoms with van der Waals surface area (Å²) in [6, 6.07) is 3.83. The Bertz CT molecular complexity index is 663. The van der Waals surface area contributed by atoms with Crippen molar-refractivity contribution < 1.29 is 17.9 Å².